The van der Waals surface area contributed by atoms with Gasteiger partial charge < -0.3 is 9.68 Å². The Morgan fingerprint density at radius 1 is 1.32 bits per heavy atom. The predicted octanol–water partition coefficient (Wildman–Crippen LogP) is 3.20. The lowest BCUT2D eigenvalue weighted by atomic mass is 9.79. The van der Waals surface area contributed by atoms with Crippen LogP contribution in [0.1, 0.15) is 36.6 Å². The molecule has 0 fully saturated rings. The molecule has 148 valence electrons. The number of hydrogen-bond donors (Lipinski definition) is 1. The molecule has 3 heterocycles. The smallest absolute Gasteiger partial charge is 0.423 e. The average molecular weight is 561 g/mol. The first-order valence-electron chi connectivity index (χ1n) is 8.81. The minimum absolute atomic E-state index is 0.143. The van der Waals surface area contributed by atoms with Gasteiger partial charge >= 0.3 is 7.12 Å². The van der Waals surface area contributed by atoms with Crippen LogP contribution in [0.5, 0.6) is 0 Å². The maximum atomic E-state index is 12.7. The Balaban J connectivity index is 0.000000167. The van der Waals surface area contributed by atoms with E-state index in [9.17, 15) is 9.41 Å². The van der Waals surface area contributed by atoms with Gasteiger partial charge in [-0.3, -0.25) is 9.36 Å². The number of benzene rings is 1. The van der Waals surface area contributed by atoms with Crippen molar-refractivity contribution in [1.29, 1.82) is 0 Å². The van der Waals surface area contributed by atoms with Gasteiger partial charge in [0.25, 0.3) is 0 Å². The summed E-state index contributed by atoms with van der Waals surface area (Å²) in [6, 6.07) is 4.33. The van der Waals surface area contributed by atoms with E-state index in [1.165, 1.54) is 27.0 Å². The molecule has 6 nitrogen and oxygen atoms in total. The second kappa shape index (κ2) is 9.06. The first-order valence-corrected chi connectivity index (χ1v) is 10.7. The monoisotopic (exact) mass is 560 g/mol. The van der Waals surface area contributed by atoms with Crippen LogP contribution in [-0.4, -0.2) is 31.7 Å². The van der Waals surface area contributed by atoms with Crippen LogP contribution in [-0.2, 0) is 24.7 Å². The Morgan fingerprint density at radius 2 is 2.04 bits per heavy atom. The quantitative estimate of drug-likeness (QED) is 0.395. The zero-order valence-corrected chi connectivity index (χ0v) is 19.5. The first kappa shape index (κ1) is 21.5. The fraction of sp³-hybridized carbons (Fsp3) is 0.333. The molecule has 1 aliphatic heterocycles. The van der Waals surface area contributed by atoms with E-state index in [-0.39, 0.29) is 11.9 Å². The number of fused-ring (bicyclic) bond motifs is 1. The van der Waals surface area contributed by atoms with E-state index in [0.717, 1.165) is 23.1 Å². The molecular formula is C18H20BBrFIN4O2. The summed E-state index contributed by atoms with van der Waals surface area (Å²) in [6.45, 7) is 4.78. The highest BCUT2D eigenvalue weighted by Gasteiger charge is 2.32. The van der Waals surface area contributed by atoms with Gasteiger partial charge in [0, 0.05) is 31.1 Å². The van der Waals surface area contributed by atoms with Crippen molar-refractivity contribution in [2.24, 2.45) is 7.05 Å². The van der Waals surface area contributed by atoms with Gasteiger partial charge in [-0.25, -0.2) is 4.39 Å². The molecule has 3 aromatic rings. The van der Waals surface area contributed by atoms with E-state index in [1.807, 2.05) is 35.7 Å². The Labute approximate surface area is 185 Å². The first-order chi connectivity index (χ1) is 13.3. The van der Waals surface area contributed by atoms with Crippen molar-refractivity contribution in [3.05, 3.63) is 61.4 Å². The number of nitrogens with zero attached hydrogens (tertiary/aromatic N) is 4. The Hall–Kier alpha value is -1.24. The largest absolute Gasteiger partial charge is 0.492 e. The minimum atomic E-state index is -0.967. The summed E-state index contributed by atoms with van der Waals surface area (Å²) in [7, 11) is 0.987. The van der Waals surface area contributed by atoms with Crippen LogP contribution in [0.4, 0.5) is 4.39 Å². The van der Waals surface area contributed by atoms with Crippen molar-refractivity contribution in [2.75, 3.05) is 0 Å². The lowest BCUT2D eigenvalue weighted by molar-refractivity contribution is 0.209. The van der Waals surface area contributed by atoms with E-state index >= 15 is 0 Å². The van der Waals surface area contributed by atoms with Crippen molar-refractivity contribution in [3.63, 3.8) is 0 Å². The molecule has 1 unspecified atom stereocenters. The predicted molar refractivity (Wildman–Crippen MR) is 118 cm³/mol. The number of aryl methyl sites for hydroxylation is 2. The van der Waals surface area contributed by atoms with Crippen LogP contribution < -0.4 is 5.46 Å². The molecule has 1 aromatic carbocycles. The topological polar surface area (TPSA) is 65.1 Å². The van der Waals surface area contributed by atoms with Crippen LogP contribution in [0, 0.1) is 9.52 Å². The summed E-state index contributed by atoms with van der Waals surface area (Å²) in [5.74, 6) is -0.342. The molecule has 0 saturated carbocycles. The molecule has 1 aliphatic rings. The van der Waals surface area contributed by atoms with Crippen LogP contribution >= 0.6 is 38.5 Å². The average Bonchev–Trinajstić information content (AvgIpc) is 3.28. The van der Waals surface area contributed by atoms with E-state index < -0.39 is 7.12 Å². The standard InChI is InChI=1S/C10H12BrIN4.C8H8BFO2/c1-3-16-9(11)7(5-14-16)4-8-6-13-15(2)10(8)12;1-5-7-3-2-6(10)4-8(7)9(11)12-5/h5-6H,3-4H2,1-2H3;2-5,11H,1H3. The number of hydrogen-bond acceptors (Lipinski definition) is 4. The van der Waals surface area contributed by atoms with Crippen molar-refractivity contribution in [1.82, 2.24) is 19.6 Å². The zero-order valence-electron chi connectivity index (χ0n) is 15.7. The van der Waals surface area contributed by atoms with Gasteiger partial charge in [0.1, 0.15) is 14.1 Å². The van der Waals surface area contributed by atoms with Crippen molar-refractivity contribution in [2.45, 2.75) is 32.9 Å². The maximum absolute atomic E-state index is 12.7. The third-order valence-corrected chi connectivity index (χ3v) is 6.86. The number of aromatic nitrogens is 4. The van der Waals surface area contributed by atoms with Gasteiger partial charge in [0.05, 0.1) is 18.5 Å². The number of rotatable bonds is 3. The van der Waals surface area contributed by atoms with Crippen molar-refractivity contribution < 1.29 is 14.1 Å². The van der Waals surface area contributed by atoms with E-state index in [1.54, 1.807) is 6.07 Å². The minimum Gasteiger partial charge on any atom is -0.423 e. The maximum Gasteiger partial charge on any atom is 0.492 e. The normalized spacial score (nSPS) is 15.4. The molecule has 1 atom stereocenters. The van der Waals surface area contributed by atoms with Crippen molar-refractivity contribution >= 4 is 51.1 Å². The summed E-state index contributed by atoms with van der Waals surface area (Å²) < 4.78 is 23.8. The van der Waals surface area contributed by atoms with Crippen LogP contribution in [0.15, 0.2) is 35.2 Å². The molecule has 2 aromatic heterocycles. The van der Waals surface area contributed by atoms with Gasteiger partial charge in [-0.15, -0.1) is 0 Å². The lowest BCUT2D eigenvalue weighted by Crippen LogP contribution is -2.28. The highest BCUT2D eigenvalue weighted by Crippen LogP contribution is 2.23. The Kier molecular flexibility index (Phi) is 6.95. The highest BCUT2D eigenvalue weighted by molar-refractivity contribution is 14.1. The Morgan fingerprint density at radius 3 is 2.64 bits per heavy atom. The van der Waals surface area contributed by atoms with E-state index in [0.29, 0.717) is 5.46 Å². The summed E-state index contributed by atoms with van der Waals surface area (Å²) in [5, 5.41) is 17.8. The van der Waals surface area contributed by atoms with E-state index in [4.69, 9.17) is 4.65 Å². The second-order valence-corrected chi connectivity index (χ2v) is 8.21. The molecule has 0 saturated heterocycles. The molecule has 10 heteroatoms. The molecule has 0 bridgehead atoms. The molecular weight excluding hydrogens is 541 g/mol. The highest BCUT2D eigenvalue weighted by atomic mass is 127. The van der Waals surface area contributed by atoms with Gasteiger partial charge in [-0.1, -0.05) is 6.07 Å². The zero-order chi connectivity index (χ0) is 20.4. The summed E-state index contributed by atoms with van der Waals surface area (Å²) in [5.41, 5.74) is 3.85. The van der Waals surface area contributed by atoms with Gasteiger partial charge in [-0.05, 0) is 75.5 Å². The summed E-state index contributed by atoms with van der Waals surface area (Å²) >= 11 is 5.88. The summed E-state index contributed by atoms with van der Waals surface area (Å²) in [6.07, 6.45) is 4.55. The molecule has 28 heavy (non-hydrogen) atoms. The fourth-order valence-electron chi connectivity index (χ4n) is 3.01. The van der Waals surface area contributed by atoms with Crippen LogP contribution in [0.3, 0.4) is 0 Å². The van der Waals surface area contributed by atoms with Crippen LogP contribution in [0.2, 0.25) is 0 Å². The van der Waals surface area contributed by atoms with E-state index in [2.05, 4.69) is 55.6 Å². The molecule has 0 spiro atoms. The van der Waals surface area contributed by atoms with Crippen molar-refractivity contribution in [3.8, 4) is 0 Å². The summed E-state index contributed by atoms with van der Waals surface area (Å²) in [4.78, 5) is 0. The van der Waals surface area contributed by atoms with Crippen LogP contribution in [0.25, 0.3) is 0 Å². The van der Waals surface area contributed by atoms with Gasteiger partial charge in [0.2, 0.25) is 0 Å². The molecule has 0 radical (unpaired) electrons. The SMILES string of the molecule is CC1OB(O)c2cc(F)ccc21.CCn1ncc(Cc2cnn(C)c2I)c1Br. The third kappa shape index (κ3) is 4.50. The molecule has 0 aliphatic carbocycles. The Bertz CT molecular complexity index is 981. The second-order valence-electron chi connectivity index (χ2n) is 6.44. The molecule has 0 amide bonds. The van der Waals surface area contributed by atoms with Gasteiger partial charge in [-0.2, -0.15) is 10.2 Å². The van der Waals surface area contributed by atoms with Gasteiger partial charge in [0.15, 0.2) is 0 Å². The fourth-order valence-corrected chi connectivity index (χ4v) is 4.05. The molecule has 1 N–H and O–H groups in total. The third-order valence-electron chi connectivity index (χ3n) is 4.55. The lowest BCUT2D eigenvalue weighted by Gasteiger charge is -2.02. The number of halogens is 3. The molecule has 4 rings (SSSR count).